The molecule has 114 valence electrons. The Labute approximate surface area is 136 Å². The highest BCUT2D eigenvalue weighted by Gasteiger charge is 2.26. The van der Waals surface area contributed by atoms with Crippen LogP contribution in [0.5, 0.6) is 0 Å². The SMILES string of the molecule is CCC(N)C(c1ccc(Br)cc1)N(C)C(C)CCSC. The molecule has 0 saturated carbocycles. The van der Waals surface area contributed by atoms with E-state index < -0.39 is 0 Å². The fraction of sp³-hybridized carbons (Fsp3) is 0.625. The Bertz CT molecular complexity index is 383. The Morgan fingerprint density at radius 3 is 2.40 bits per heavy atom. The van der Waals surface area contributed by atoms with Crippen molar-refractivity contribution >= 4 is 27.7 Å². The summed E-state index contributed by atoms with van der Waals surface area (Å²) in [5.74, 6) is 1.19. The molecule has 1 aromatic rings. The molecule has 0 heterocycles. The van der Waals surface area contributed by atoms with Crippen LogP contribution in [0.25, 0.3) is 0 Å². The van der Waals surface area contributed by atoms with Crippen molar-refractivity contribution < 1.29 is 0 Å². The molecular formula is C16H27BrN2S. The third kappa shape index (κ3) is 5.06. The summed E-state index contributed by atoms with van der Waals surface area (Å²) in [5.41, 5.74) is 7.70. The van der Waals surface area contributed by atoms with Crippen molar-refractivity contribution in [2.24, 2.45) is 5.73 Å². The molecule has 1 rings (SSSR count). The van der Waals surface area contributed by atoms with Gasteiger partial charge >= 0.3 is 0 Å². The standard InChI is InChI=1S/C16H27BrN2S/c1-5-15(18)16(13-6-8-14(17)9-7-13)19(3)12(2)10-11-20-4/h6-9,12,15-16H,5,10-11,18H2,1-4H3. The molecule has 3 atom stereocenters. The number of likely N-dealkylation sites (N-methyl/N-ethyl adjacent to an activating group) is 1. The van der Waals surface area contributed by atoms with E-state index in [9.17, 15) is 0 Å². The van der Waals surface area contributed by atoms with Crippen LogP contribution < -0.4 is 5.73 Å². The average Bonchev–Trinajstić information content (AvgIpc) is 2.46. The molecule has 2 nitrogen and oxygen atoms in total. The summed E-state index contributed by atoms with van der Waals surface area (Å²) in [6.07, 6.45) is 4.35. The van der Waals surface area contributed by atoms with E-state index in [2.05, 4.69) is 72.2 Å². The van der Waals surface area contributed by atoms with Gasteiger partial charge in [-0.1, -0.05) is 35.0 Å². The minimum absolute atomic E-state index is 0.165. The Morgan fingerprint density at radius 1 is 1.30 bits per heavy atom. The smallest absolute Gasteiger partial charge is 0.0498 e. The van der Waals surface area contributed by atoms with Crippen molar-refractivity contribution in [1.82, 2.24) is 4.90 Å². The molecule has 0 amide bonds. The van der Waals surface area contributed by atoms with Crippen molar-refractivity contribution in [1.29, 1.82) is 0 Å². The number of nitrogens with two attached hydrogens (primary N) is 1. The van der Waals surface area contributed by atoms with E-state index in [-0.39, 0.29) is 12.1 Å². The van der Waals surface area contributed by atoms with Crippen LogP contribution in [0.2, 0.25) is 0 Å². The molecule has 0 aromatic heterocycles. The number of hydrogen-bond acceptors (Lipinski definition) is 3. The van der Waals surface area contributed by atoms with Crippen LogP contribution in [0, 0.1) is 0 Å². The fourth-order valence-corrected chi connectivity index (χ4v) is 3.27. The van der Waals surface area contributed by atoms with Gasteiger partial charge in [-0.3, -0.25) is 4.90 Å². The topological polar surface area (TPSA) is 29.3 Å². The van der Waals surface area contributed by atoms with Crippen LogP contribution in [0.3, 0.4) is 0 Å². The van der Waals surface area contributed by atoms with Crippen molar-refractivity contribution in [3.05, 3.63) is 34.3 Å². The van der Waals surface area contributed by atoms with E-state index >= 15 is 0 Å². The molecule has 0 aliphatic rings. The predicted molar refractivity (Wildman–Crippen MR) is 95.4 cm³/mol. The highest BCUT2D eigenvalue weighted by atomic mass is 79.9. The first-order valence-corrected chi connectivity index (χ1v) is 9.41. The highest BCUT2D eigenvalue weighted by Crippen LogP contribution is 2.28. The maximum atomic E-state index is 6.40. The van der Waals surface area contributed by atoms with Crippen LogP contribution in [0.15, 0.2) is 28.7 Å². The summed E-state index contributed by atoms with van der Waals surface area (Å²) in [4.78, 5) is 2.44. The molecule has 0 aliphatic carbocycles. The van der Waals surface area contributed by atoms with Crippen molar-refractivity contribution in [2.75, 3.05) is 19.1 Å². The number of hydrogen-bond donors (Lipinski definition) is 1. The number of nitrogens with zero attached hydrogens (tertiary/aromatic N) is 1. The minimum Gasteiger partial charge on any atom is -0.326 e. The molecule has 2 N–H and O–H groups in total. The Morgan fingerprint density at radius 2 is 1.90 bits per heavy atom. The maximum absolute atomic E-state index is 6.40. The first-order valence-electron chi connectivity index (χ1n) is 7.23. The van der Waals surface area contributed by atoms with Gasteiger partial charge in [0.15, 0.2) is 0 Å². The molecule has 0 aliphatic heterocycles. The summed E-state index contributed by atoms with van der Waals surface area (Å²) in [7, 11) is 2.20. The predicted octanol–water partition coefficient (Wildman–Crippen LogP) is 4.30. The van der Waals surface area contributed by atoms with Crippen LogP contribution in [0.1, 0.15) is 38.3 Å². The van der Waals surface area contributed by atoms with E-state index in [1.807, 2.05) is 11.8 Å². The van der Waals surface area contributed by atoms with E-state index in [0.717, 1.165) is 10.9 Å². The monoisotopic (exact) mass is 358 g/mol. The van der Waals surface area contributed by atoms with Crippen LogP contribution in [-0.4, -0.2) is 36.0 Å². The van der Waals surface area contributed by atoms with Crippen LogP contribution >= 0.6 is 27.7 Å². The van der Waals surface area contributed by atoms with Gasteiger partial charge in [-0.2, -0.15) is 11.8 Å². The first kappa shape index (κ1) is 18.0. The second kappa shape index (κ2) is 9.08. The summed E-state index contributed by atoms with van der Waals surface area (Å²) in [6, 6.07) is 9.55. The Hall–Kier alpha value is -0.0300. The second-order valence-corrected chi connectivity index (χ2v) is 7.27. The van der Waals surface area contributed by atoms with Crippen LogP contribution in [0.4, 0.5) is 0 Å². The molecule has 0 saturated heterocycles. The minimum atomic E-state index is 0.165. The molecular weight excluding hydrogens is 332 g/mol. The molecule has 0 spiro atoms. The van der Waals surface area contributed by atoms with Gasteiger partial charge in [0.2, 0.25) is 0 Å². The Balaban J connectivity index is 2.91. The molecule has 0 bridgehead atoms. The number of benzene rings is 1. The zero-order valence-corrected chi connectivity index (χ0v) is 15.4. The lowest BCUT2D eigenvalue weighted by Gasteiger charge is -2.37. The fourth-order valence-electron chi connectivity index (χ4n) is 2.43. The second-order valence-electron chi connectivity index (χ2n) is 5.36. The van der Waals surface area contributed by atoms with Gasteiger partial charge in [-0.15, -0.1) is 0 Å². The van der Waals surface area contributed by atoms with E-state index in [1.54, 1.807) is 0 Å². The number of rotatable bonds is 8. The molecule has 3 unspecified atom stereocenters. The summed E-state index contributed by atoms with van der Waals surface area (Å²) >= 11 is 5.41. The van der Waals surface area contributed by atoms with Gasteiger partial charge in [0, 0.05) is 22.6 Å². The number of thioether (sulfide) groups is 1. The summed E-state index contributed by atoms with van der Waals surface area (Å²) in [6.45, 7) is 4.46. The van der Waals surface area contributed by atoms with Crippen molar-refractivity contribution in [3.8, 4) is 0 Å². The normalized spacial score (nSPS) is 16.1. The quantitative estimate of drug-likeness (QED) is 0.750. The maximum Gasteiger partial charge on any atom is 0.0498 e. The average molecular weight is 359 g/mol. The van der Waals surface area contributed by atoms with Gasteiger partial charge in [0.25, 0.3) is 0 Å². The van der Waals surface area contributed by atoms with E-state index in [0.29, 0.717) is 6.04 Å². The van der Waals surface area contributed by atoms with Crippen molar-refractivity contribution in [3.63, 3.8) is 0 Å². The molecule has 1 aromatic carbocycles. The highest BCUT2D eigenvalue weighted by molar-refractivity contribution is 9.10. The summed E-state index contributed by atoms with van der Waals surface area (Å²) in [5, 5.41) is 0. The first-order chi connectivity index (χ1) is 9.51. The lowest BCUT2D eigenvalue weighted by Crippen LogP contribution is -2.43. The Kier molecular flexibility index (Phi) is 8.18. The van der Waals surface area contributed by atoms with Gasteiger partial charge in [0.1, 0.15) is 0 Å². The lowest BCUT2D eigenvalue weighted by atomic mass is 9.95. The van der Waals surface area contributed by atoms with E-state index in [4.69, 9.17) is 5.73 Å². The molecule has 0 radical (unpaired) electrons. The van der Waals surface area contributed by atoms with Gasteiger partial charge in [0.05, 0.1) is 0 Å². The lowest BCUT2D eigenvalue weighted by molar-refractivity contribution is 0.155. The molecule has 20 heavy (non-hydrogen) atoms. The molecule has 0 fully saturated rings. The van der Waals surface area contributed by atoms with Gasteiger partial charge in [-0.05, 0) is 56.5 Å². The summed E-state index contributed by atoms with van der Waals surface area (Å²) < 4.78 is 1.11. The van der Waals surface area contributed by atoms with Crippen molar-refractivity contribution in [2.45, 2.75) is 44.8 Å². The van der Waals surface area contributed by atoms with Gasteiger partial charge < -0.3 is 5.73 Å². The zero-order chi connectivity index (χ0) is 15.1. The molecule has 4 heteroatoms. The third-order valence-corrected chi connectivity index (χ3v) is 5.13. The zero-order valence-electron chi connectivity index (χ0n) is 13.0. The number of halogens is 1. The van der Waals surface area contributed by atoms with E-state index in [1.165, 1.54) is 17.7 Å². The third-order valence-electron chi connectivity index (χ3n) is 3.96. The largest absolute Gasteiger partial charge is 0.326 e. The van der Waals surface area contributed by atoms with Crippen LogP contribution in [-0.2, 0) is 0 Å². The van der Waals surface area contributed by atoms with Gasteiger partial charge in [-0.25, -0.2) is 0 Å².